The van der Waals surface area contributed by atoms with E-state index in [0.29, 0.717) is 37.1 Å². The number of esters is 2. The minimum Gasteiger partial charge on any atom is -0.468 e. The van der Waals surface area contributed by atoms with Crippen molar-refractivity contribution in [3.63, 3.8) is 0 Å². The van der Waals surface area contributed by atoms with Gasteiger partial charge in [-0.15, -0.1) is 11.3 Å². The highest BCUT2D eigenvalue weighted by Crippen LogP contribution is 2.20. The normalized spacial score (nSPS) is 18.2. The first-order chi connectivity index (χ1) is 13.9. The molecule has 3 atom stereocenters. The zero-order valence-electron chi connectivity index (χ0n) is 17.0. The monoisotopic (exact) mass is 424 g/mol. The number of rotatable bonds is 10. The molecule has 1 aliphatic heterocycles. The van der Waals surface area contributed by atoms with Gasteiger partial charge >= 0.3 is 11.9 Å². The van der Waals surface area contributed by atoms with E-state index in [1.54, 1.807) is 13.0 Å². The second-order valence-electron chi connectivity index (χ2n) is 6.97. The van der Waals surface area contributed by atoms with Crippen LogP contribution in [0.3, 0.4) is 0 Å². The summed E-state index contributed by atoms with van der Waals surface area (Å²) in [5.74, 6) is -1.15. The number of hydrogen-bond donors (Lipinski definition) is 1. The molecule has 1 saturated heterocycles. The first-order valence-electron chi connectivity index (χ1n) is 9.68. The predicted octanol–water partition coefficient (Wildman–Crippen LogP) is 1.78. The molecule has 8 nitrogen and oxygen atoms in total. The second kappa shape index (κ2) is 11.1. The van der Waals surface area contributed by atoms with E-state index in [0.717, 1.165) is 6.42 Å². The van der Waals surface area contributed by atoms with Gasteiger partial charge in [0.05, 0.1) is 25.1 Å². The summed E-state index contributed by atoms with van der Waals surface area (Å²) < 4.78 is 9.62. The fourth-order valence-corrected chi connectivity index (χ4v) is 4.17. The lowest BCUT2D eigenvalue weighted by Crippen LogP contribution is -2.53. The SMILES string of the molecule is COC(=O)C(CCCC(=O)c1cccs1)N[C@@H](C)C(=O)N1CCC[C@H]1C(=O)OC. The first kappa shape index (κ1) is 23.0. The van der Waals surface area contributed by atoms with Crippen molar-refractivity contribution in [2.24, 2.45) is 0 Å². The molecule has 29 heavy (non-hydrogen) atoms. The number of thiophene rings is 1. The number of nitrogens with zero attached hydrogens (tertiary/aromatic N) is 1. The van der Waals surface area contributed by atoms with Crippen LogP contribution in [0.15, 0.2) is 17.5 Å². The van der Waals surface area contributed by atoms with Gasteiger partial charge in [0.2, 0.25) is 5.91 Å². The fraction of sp³-hybridized carbons (Fsp3) is 0.600. The molecule has 1 aromatic rings. The van der Waals surface area contributed by atoms with Gasteiger partial charge in [-0.2, -0.15) is 0 Å². The summed E-state index contributed by atoms with van der Waals surface area (Å²) in [5, 5.41) is 4.85. The minimum atomic E-state index is -0.714. The van der Waals surface area contributed by atoms with Crippen LogP contribution >= 0.6 is 11.3 Å². The Morgan fingerprint density at radius 1 is 1.28 bits per heavy atom. The molecule has 0 spiro atoms. The molecule has 9 heteroatoms. The van der Waals surface area contributed by atoms with Gasteiger partial charge in [-0.25, -0.2) is 4.79 Å². The van der Waals surface area contributed by atoms with Gasteiger partial charge in [0.1, 0.15) is 12.1 Å². The van der Waals surface area contributed by atoms with E-state index in [4.69, 9.17) is 9.47 Å². The summed E-state index contributed by atoms with van der Waals surface area (Å²) in [4.78, 5) is 51.2. The molecule has 2 heterocycles. The maximum absolute atomic E-state index is 12.8. The molecule has 0 bridgehead atoms. The molecule has 0 aliphatic carbocycles. The average molecular weight is 425 g/mol. The van der Waals surface area contributed by atoms with Gasteiger partial charge < -0.3 is 14.4 Å². The second-order valence-corrected chi connectivity index (χ2v) is 7.92. The molecular weight excluding hydrogens is 396 g/mol. The van der Waals surface area contributed by atoms with Crippen molar-refractivity contribution in [1.82, 2.24) is 10.2 Å². The topological polar surface area (TPSA) is 102 Å². The third-order valence-corrected chi connectivity index (χ3v) is 5.92. The number of methoxy groups -OCH3 is 2. The number of likely N-dealkylation sites (tertiary alicyclic amines) is 1. The van der Waals surface area contributed by atoms with Crippen molar-refractivity contribution in [1.29, 1.82) is 0 Å². The van der Waals surface area contributed by atoms with Crippen molar-refractivity contribution in [2.75, 3.05) is 20.8 Å². The number of Topliss-reactive ketones (excluding diaryl/α,β-unsaturated/α-hetero) is 1. The van der Waals surface area contributed by atoms with Crippen LogP contribution in [0.5, 0.6) is 0 Å². The quantitative estimate of drug-likeness (QED) is 0.451. The van der Waals surface area contributed by atoms with Crippen LogP contribution < -0.4 is 5.32 Å². The largest absolute Gasteiger partial charge is 0.468 e. The highest BCUT2D eigenvalue weighted by molar-refractivity contribution is 7.12. The lowest BCUT2D eigenvalue weighted by atomic mass is 10.1. The van der Waals surface area contributed by atoms with Crippen molar-refractivity contribution in [3.05, 3.63) is 22.4 Å². The van der Waals surface area contributed by atoms with E-state index in [-0.39, 0.29) is 11.7 Å². The summed E-state index contributed by atoms with van der Waals surface area (Å²) in [6, 6.07) is 1.62. The van der Waals surface area contributed by atoms with E-state index < -0.39 is 30.1 Å². The van der Waals surface area contributed by atoms with E-state index in [1.165, 1.54) is 30.5 Å². The number of hydrogen-bond acceptors (Lipinski definition) is 8. The van der Waals surface area contributed by atoms with Crippen molar-refractivity contribution in [2.45, 2.75) is 57.2 Å². The van der Waals surface area contributed by atoms with Crippen LogP contribution in [0.1, 0.15) is 48.7 Å². The molecule has 0 radical (unpaired) electrons. The summed E-state index contributed by atoms with van der Waals surface area (Å²) in [7, 11) is 2.59. The summed E-state index contributed by atoms with van der Waals surface area (Å²) in [5.41, 5.74) is 0. The highest BCUT2D eigenvalue weighted by Gasteiger charge is 2.37. The van der Waals surface area contributed by atoms with Crippen LogP contribution in [0.25, 0.3) is 0 Å². The van der Waals surface area contributed by atoms with Gasteiger partial charge in [0.15, 0.2) is 5.78 Å². The van der Waals surface area contributed by atoms with E-state index in [2.05, 4.69) is 5.32 Å². The molecule has 0 aromatic carbocycles. The summed E-state index contributed by atoms with van der Waals surface area (Å²) >= 11 is 1.39. The van der Waals surface area contributed by atoms with Gasteiger partial charge in [-0.3, -0.25) is 19.7 Å². The maximum Gasteiger partial charge on any atom is 0.328 e. The first-order valence-corrected chi connectivity index (χ1v) is 10.6. The van der Waals surface area contributed by atoms with Crippen molar-refractivity contribution >= 4 is 35.0 Å². The predicted molar refractivity (Wildman–Crippen MR) is 108 cm³/mol. The minimum absolute atomic E-state index is 0.0331. The van der Waals surface area contributed by atoms with Crippen LogP contribution in [0.4, 0.5) is 0 Å². The number of carbonyl (C=O) groups is 4. The molecule has 1 aliphatic rings. The standard InChI is InChI=1S/C20H28N2O6S/c1-13(18(24)22-11-5-8-15(22)20(26)28-3)21-14(19(25)27-2)7-4-9-16(23)17-10-6-12-29-17/h6,10,12-15,21H,4-5,7-9,11H2,1-3H3/t13-,14?,15-/m0/s1. The Balaban J connectivity index is 1.92. The van der Waals surface area contributed by atoms with Gasteiger partial charge in [0, 0.05) is 13.0 Å². The van der Waals surface area contributed by atoms with Crippen LogP contribution in [0.2, 0.25) is 0 Å². The molecule has 1 amide bonds. The van der Waals surface area contributed by atoms with E-state index in [1.807, 2.05) is 11.4 Å². The van der Waals surface area contributed by atoms with Crippen molar-refractivity contribution < 1.29 is 28.7 Å². The molecule has 0 saturated carbocycles. The number of carbonyl (C=O) groups excluding carboxylic acids is 4. The van der Waals surface area contributed by atoms with Crippen LogP contribution in [0, 0.1) is 0 Å². The Morgan fingerprint density at radius 2 is 2.03 bits per heavy atom. The third-order valence-electron chi connectivity index (χ3n) is 5.01. The molecule has 160 valence electrons. The Bertz CT molecular complexity index is 721. The molecule has 1 aromatic heterocycles. The molecule has 1 unspecified atom stereocenters. The van der Waals surface area contributed by atoms with E-state index in [9.17, 15) is 19.2 Å². The third kappa shape index (κ3) is 6.11. The number of ketones is 1. The summed E-state index contributed by atoms with van der Waals surface area (Å²) in [6.45, 7) is 2.13. The zero-order chi connectivity index (χ0) is 21.4. The lowest BCUT2D eigenvalue weighted by Gasteiger charge is -2.28. The van der Waals surface area contributed by atoms with Crippen LogP contribution in [-0.4, -0.2) is 67.4 Å². The molecule has 1 N–H and O–H groups in total. The molecular formula is C20H28N2O6S. The smallest absolute Gasteiger partial charge is 0.328 e. The van der Waals surface area contributed by atoms with Crippen LogP contribution in [-0.2, 0) is 23.9 Å². The number of nitrogens with one attached hydrogen (secondary N) is 1. The van der Waals surface area contributed by atoms with Gasteiger partial charge in [0.25, 0.3) is 0 Å². The van der Waals surface area contributed by atoms with Gasteiger partial charge in [-0.1, -0.05) is 6.07 Å². The molecule has 2 rings (SSSR count). The van der Waals surface area contributed by atoms with Gasteiger partial charge in [-0.05, 0) is 44.1 Å². The van der Waals surface area contributed by atoms with E-state index >= 15 is 0 Å². The number of ether oxygens (including phenoxy) is 2. The Hall–Kier alpha value is -2.26. The highest BCUT2D eigenvalue weighted by atomic mass is 32.1. The lowest BCUT2D eigenvalue weighted by molar-refractivity contribution is -0.152. The summed E-state index contributed by atoms with van der Waals surface area (Å²) in [6.07, 6.45) is 2.45. The Labute approximate surface area is 174 Å². The Kier molecular flexibility index (Phi) is 8.78. The maximum atomic E-state index is 12.8. The zero-order valence-corrected chi connectivity index (χ0v) is 17.8. The number of amides is 1. The molecule has 1 fully saturated rings. The van der Waals surface area contributed by atoms with Crippen molar-refractivity contribution in [3.8, 4) is 0 Å². The average Bonchev–Trinajstić information content (AvgIpc) is 3.43. The Morgan fingerprint density at radius 3 is 2.66 bits per heavy atom. The fourth-order valence-electron chi connectivity index (χ4n) is 3.47.